The van der Waals surface area contributed by atoms with Crippen molar-refractivity contribution in [2.24, 2.45) is 5.92 Å². The molecule has 0 bridgehead atoms. The second kappa shape index (κ2) is 6.71. The fourth-order valence-electron chi connectivity index (χ4n) is 3.61. The quantitative estimate of drug-likeness (QED) is 0.770. The second-order valence-corrected chi connectivity index (χ2v) is 6.48. The van der Waals surface area contributed by atoms with E-state index in [1.54, 1.807) is 6.92 Å². The molecule has 0 aromatic rings. The predicted octanol–water partition coefficient (Wildman–Crippen LogP) is 1.27. The summed E-state index contributed by atoms with van der Waals surface area (Å²) < 4.78 is 0. The molecule has 1 saturated carbocycles. The Morgan fingerprint density at radius 2 is 1.63 bits per heavy atom. The lowest BCUT2D eigenvalue weighted by atomic mass is 9.85. The number of nitrogens with zero attached hydrogens (tertiary/aromatic N) is 3. The van der Waals surface area contributed by atoms with E-state index in [9.17, 15) is 4.79 Å². The molecule has 19 heavy (non-hydrogen) atoms. The van der Waals surface area contributed by atoms with Crippen LogP contribution < -0.4 is 0 Å². The Balaban J connectivity index is 1.72. The van der Waals surface area contributed by atoms with Gasteiger partial charge in [0, 0.05) is 45.7 Å². The lowest BCUT2D eigenvalue weighted by molar-refractivity contribution is -0.131. The van der Waals surface area contributed by atoms with Crippen molar-refractivity contribution >= 4 is 5.91 Å². The summed E-state index contributed by atoms with van der Waals surface area (Å²) in [6.45, 7) is 6.91. The average Bonchev–Trinajstić information content (AvgIpc) is 2.39. The first kappa shape index (κ1) is 14.8. The SMILES string of the molecule is CC(=O)N1CCN(C2CCC(CN(C)C)CC2)CC1. The van der Waals surface area contributed by atoms with Crippen LogP contribution >= 0.6 is 0 Å². The van der Waals surface area contributed by atoms with Crippen LogP contribution in [0.1, 0.15) is 32.6 Å². The van der Waals surface area contributed by atoms with Gasteiger partial charge in [0.25, 0.3) is 0 Å². The van der Waals surface area contributed by atoms with Gasteiger partial charge in [-0.25, -0.2) is 0 Å². The maximum absolute atomic E-state index is 11.3. The van der Waals surface area contributed by atoms with Gasteiger partial charge < -0.3 is 9.80 Å². The van der Waals surface area contributed by atoms with Crippen molar-refractivity contribution in [3.63, 3.8) is 0 Å². The van der Waals surface area contributed by atoms with Crippen molar-refractivity contribution in [1.82, 2.24) is 14.7 Å². The molecular formula is C15H29N3O. The number of rotatable bonds is 3. The van der Waals surface area contributed by atoms with Gasteiger partial charge in [0.15, 0.2) is 0 Å². The van der Waals surface area contributed by atoms with Crippen LogP contribution in [0.15, 0.2) is 0 Å². The number of piperazine rings is 1. The summed E-state index contributed by atoms with van der Waals surface area (Å²) in [6, 6.07) is 0.771. The van der Waals surface area contributed by atoms with E-state index in [0.717, 1.165) is 38.1 Å². The maximum Gasteiger partial charge on any atom is 0.219 e. The molecule has 1 heterocycles. The van der Waals surface area contributed by atoms with Gasteiger partial charge in [-0.2, -0.15) is 0 Å². The number of hydrogen-bond donors (Lipinski definition) is 0. The molecule has 0 unspecified atom stereocenters. The van der Waals surface area contributed by atoms with Crippen LogP contribution in [0, 0.1) is 5.92 Å². The zero-order valence-corrected chi connectivity index (χ0v) is 12.8. The minimum atomic E-state index is 0.231. The third-order valence-corrected chi connectivity index (χ3v) is 4.72. The molecule has 0 aromatic heterocycles. The van der Waals surface area contributed by atoms with Gasteiger partial charge in [-0.1, -0.05) is 0 Å². The zero-order valence-electron chi connectivity index (χ0n) is 12.8. The Morgan fingerprint density at radius 3 is 2.11 bits per heavy atom. The summed E-state index contributed by atoms with van der Waals surface area (Å²) in [4.78, 5) is 18.2. The summed E-state index contributed by atoms with van der Waals surface area (Å²) >= 11 is 0. The minimum Gasteiger partial charge on any atom is -0.340 e. The van der Waals surface area contributed by atoms with E-state index in [1.165, 1.54) is 32.2 Å². The van der Waals surface area contributed by atoms with Crippen molar-refractivity contribution < 1.29 is 4.79 Å². The van der Waals surface area contributed by atoms with Gasteiger partial charge in [0.05, 0.1) is 0 Å². The fraction of sp³-hybridized carbons (Fsp3) is 0.933. The molecule has 1 aliphatic heterocycles. The molecular weight excluding hydrogens is 238 g/mol. The van der Waals surface area contributed by atoms with Crippen molar-refractivity contribution in [3.8, 4) is 0 Å². The van der Waals surface area contributed by atoms with Crippen LogP contribution in [0.2, 0.25) is 0 Å². The summed E-state index contributed by atoms with van der Waals surface area (Å²) in [6.07, 6.45) is 5.43. The molecule has 1 amide bonds. The van der Waals surface area contributed by atoms with Gasteiger partial charge in [0.1, 0.15) is 0 Å². The minimum absolute atomic E-state index is 0.231. The number of amides is 1. The summed E-state index contributed by atoms with van der Waals surface area (Å²) in [5.74, 6) is 1.12. The third-order valence-electron chi connectivity index (χ3n) is 4.72. The monoisotopic (exact) mass is 267 g/mol. The lowest BCUT2D eigenvalue weighted by Gasteiger charge is -2.42. The van der Waals surface area contributed by atoms with Gasteiger partial charge in [-0.3, -0.25) is 9.69 Å². The molecule has 4 heteroatoms. The summed E-state index contributed by atoms with van der Waals surface area (Å²) in [5.41, 5.74) is 0. The van der Waals surface area contributed by atoms with Gasteiger partial charge in [0.2, 0.25) is 5.91 Å². The second-order valence-electron chi connectivity index (χ2n) is 6.48. The van der Waals surface area contributed by atoms with Gasteiger partial charge in [-0.05, 0) is 45.7 Å². The first-order chi connectivity index (χ1) is 9.06. The van der Waals surface area contributed by atoms with Crippen molar-refractivity contribution in [2.75, 3.05) is 46.8 Å². The van der Waals surface area contributed by atoms with Gasteiger partial charge >= 0.3 is 0 Å². The van der Waals surface area contributed by atoms with E-state index in [0.29, 0.717) is 0 Å². The van der Waals surface area contributed by atoms with Crippen molar-refractivity contribution in [2.45, 2.75) is 38.6 Å². The Hall–Kier alpha value is -0.610. The largest absolute Gasteiger partial charge is 0.340 e. The number of hydrogen-bond acceptors (Lipinski definition) is 3. The van der Waals surface area contributed by atoms with Crippen LogP contribution in [0.5, 0.6) is 0 Å². The molecule has 0 N–H and O–H groups in total. The molecule has 2 fully saturated rings. The van der Waals surface area contributed by atoms with E-state index >= 15 is 0 Å². The number of carbonyl (C=O) groups is 1. The normalized spacial score (nSPS) is 29.8. The maximum atomic E-state index is 11.3. The van der Waals surface area contributed by atoms with E-state index < -0.39 is 0 Å². The first-order valence-electron chi connectivity index (χ1n) is 7.70. The van der Waals surface area contributed by atoms with Crippen LogP contribution in [0.4, 0.5) is 0 Å². The highest BCUT2D eigenvalue weighted by Gasteiger charge is 2.28. The third kappa shape index (κ3) is 4.18. The van der Waals surface area contributed by atoms with E-state index in [1.807, 2.05) is 4.90 Å². The highest BCUT2D eigenvalue weighted by atomic mass is 16.2. The topological polar surface area (TPSA) is 26.8 Å². The highest BCUT2D eigenvalue weighted by molar-refractivity contribution is 5.73. The molecule has 4 nitrogen and oxygen atoms in total. The Bertz CT molecular complexity index is 290. The highest BCUT2D eigenvalue weighted by Crippen LogP contribution is 2.28. The summed E-state index contributed by atoms with van der Waals surface area (Å²) in [5, 5.41) is 0. The van der Waals surface area contributed by atoms with Crippen LogP contribution in [0.25, 0.3) is 0 Å². The first-order valence-corrected chi connectivity index (χ1v) is 7.70. The van der Waals surface area contributed by atoms with Crippen LogP contribution in [-0.2, 0) is 4.79 Å². The predicted molar refractivity (Wildman–Crippen MR) is 78.1 cm³/mol. The Morgan fingerprint density at radius 1 is 1.05 bits per heavy atom. The molecule has 1 saturated heterocycles. The standard InChI is InChI=1S/C15H29N3O/c1-13(19)17-8-10-18(11-9-17)15-6-4-14(5-7-15)12-16(2)3/h14-15H,4-12H2,1-3H3. The molecule has 0 radical (unpaired) electrons. The molecule has 2 rings (SSSR count). The molecule has 110 valence electrons. The van der Waals surface area contributed by atoms with Crippen molar-refractivity contribution in [3.05, 3.63) is 0 Å². The van der Waals surface area contributed by atoms with E-state index in [4.69, 9.17) is 0 Å². The zero-order chi connectivity index (χ0) is 13.8. The Kier molecular flexibility index (Phi) is 5.22. The van der Waals surface area contributed by atoms with Crippen LogP contribution in [-0.4, -0.2) is 73.5 Å². The fourth-order valence-corrected chi connectivity index (χ4v) is 3.61. The molecule has 2 aliphatic rings. The summed E-state index contributed by atoms with van der Waals surface area (Å²) in [7, 11) is 4.35. The molecule has 1 aliphatic carbocycles. The van der Waals surface area contributed by atoms with Crippen molar-refractivity contribution in [1.29, 1.82) is 0 Å². The van der Waals surface area contributed by atoms with E-state index in [2.05, 4.69) is 23.9 Å². The van der Waals surface area contributed by atoms with Crippen LogP contribution in [0.3, 0.4) is 0 Å². The number of carbonyl (C=O) groups excluding carboxylic acids is 1. The molecule has 0 spiro atoms. The van der Waals surface area contributed by atoms with E-state index in [-0.39, 0.29) is 5.91 Å². The average molecular weight is 267 g/mol. The Labute approximate surface area is 117 Å². The smallest absolute Gasteiger partial charge is 0.219 e. The lowest BCUT2D eigenvalue weighted by Crippen LogP contribution is -2.52. The molecule has 0 atom stereocenters. The van der Waals surface area contributed by atoms with Gasteiger partial charge in [-0.15, -0.1) is 0 Å². The molecule has 0 aromatic carbocycles.